The van der Waals surface area contributed by atoms with Gasteiger partial charge in [0.25, 0.3) is 0 Å². The third-order valence-corrected chi connectivity index (χ3v) is 5.61. The summed E-state index contributed by atoms with van der Waals surface area (Å²) >= 11 is 6.17. The minimum Gasteiger partial charge on any atom is -0.495 e. The number of hydrogen-bond donors (Lipinski definition) is 2. The molecule has 7 heteroatoms. The number of aromatic amines is 1. The molecule has 1 atom stereocenters. The summed E-state index contributed by atoms with van der Waals surface area (Å²) in [5.41, 5.74) is 2.93. The summed E-state index contributed by atoms with van der Waals surface area (Å²) in [6.07, 6.45) is 2.90. The van der Waals surface area contributed by atoms with E-state index in [2.05, 4.69) is 16.4 Å². The first-order chi connectivity index (χ1) is 14.1. The third kappa shape index (κ3) is 3.93. The van der Waals surface area contributed by atoms with Gasteiger partial charge in [-0.05, 0) is 36.2 Å². The second-order valence-corrected chi connectivity index (χ2v) is 7.53. The van der Waals surface area contributed by atoms with Gasteiger partial charge in [-0.15, -0.1) is 0 Å². The van der Waals surface area contributed by atoms with Gasteiger partial charge in [-0.2, -0.15) is 0 Å². The molecule has 1 fully saturated rings. The van der Waals surface area contributed by atoms with Gasteiger partial charge < -0.3 is 19.9 Å². The van der Waals surface area contributed by atoms with Gasteiger partial charge in [0.1, 0.15) is 5.75 Å². The number of fused-ring (bicyclic) bond motifs is 1. The fraction of sp³-hybridized carbons (Fsp3) is 0.273. The van der Waals surface area contributed by atoms with E-state index in [9.17, 15) is 9.59 Å². The van der Waals surface area contributed by atoms with Crippen LogP contribution >= 0.6 is 11.6 Å². The summed E-state index contributed by atoms with van der Waals surface area (Å²) < 4.78 is 5.15. The van der Waals surface area contributed by atoms with E-state index < -0.39 is 0 Å². The van der Waals surface area contributed by atoms with Crippen LogP contribution in [0.25, 0.3) is 10.9 Å². The van der Waals surface area contributed by atoms with Crippen molar-refractivity contribution in [3.8, 4) is 5.75 Å². The molecule has 2 amide bonds. The number of halogens is 1. The van der Waals surface area contributed by atoms with Crippen LogP contribution in [0.3, 0.4) is 0 Å². The number of benzene rings is 2. The number of carbonyl (C=O) groups excluding carboxylic acids is 2. The average molecular weight is 412 g/mol. The molecule has 1 saturated heterocycles. The first-order valence-corrected chi connectivity index (χ1v) is 9.91. The van der Waals surface area contributed by atoms with Gasteiger partial charge in [-0.3, -0.25) is 9.59 Å². The maximum Gasteiger partial charge on any atom is 0.227 e. The number of anilines is 1. The molecule has 2 aromatic carbocycles. The molecule has 3 aromatic rings. The Hall–Kier alpha value is -2.99. The van der Waals surface area contributed by atoms with Crippen LogP contribution in [-0.2, 0) is 16.0 Å². The normalized spacial score (nSPS) is 16.4. The van der Waals surface area contributed by atoms with Gasteiger partial charge in [0.15, 0.2) is 0 Å². The van der Waals surface area contributed by atoms with Crippen molar-refractivity contribution in [1.82, 2.24) is 10.3 Å². The summed E-state index contributed by atoms with van der Waals surface area (Å²) in [5.74, 6) is 0.00305. The van der Waals surface area contributed by atoms with Crippen LogP contribution in [0, 0.1) is 5.92 Å². The molecule has 29 heavy (non-hydrogen) atoms. The molecule has 1 aliphatic rings. The Balaban J connectivity index is 1.35. The number of para-hydroxylation sites is 1. The van der Waals surface area contributed by atoms with Gasteiger partial charge in [-0.25, -0.2) is 0 Å². The fourth-order valence-corrected chi connectivity index (χ4v) is 4.01. The molecule has 4 rings (SSSR count). The maximum absolute atomic E-state index is 12.6. The second-order valence-electron chi connectivity index (χ2n) is 7.12. The minimum absolute atomic E-state index is 0.0805. The number of aromatic nitrogens is 1. The van der Waals surface area contributed by atoms with Crippen LogP contribution in [0.2, 0.25) is 5.02 Å². The third-order valence-electron chi connectivity index (χ3n) is 5.31. The smallest absolute Gasteiger partial charge is 0.227 e. The van der Waals surface area contributed by atoms with Crippen LogP contribution < -0.4 is 15.0 Å². The molecule has 0 unspecified atom stereocenters. The molecular weight excluding hydrogens is 390 g/mol. The van der Waals surface area contributed by atoms with Crippen molar-refractivity contribution in [2.45, 2.75) is 12.8 Å². The quantitative estimate of drug-likeness (QED) is 0.651. The molecule has 1 aromatic heterocycles. The molecule has 0 aliphatic carbocycles. The Morgan fingerprint density at radius 2 is 2.14 bits per heavy atom. The SMILES string of the molecule is COc1ccc(N2C[C@H](C(=O)NCCc3c[nH]c4ccccc34)CC2=O)cc1Cl. The monoisotopic (exact) mass is 411 g/mol. The number of H-pyrrole nitrogens is 1. The van der Waals surface area contributed by atoms with Crippen LogP contribution in [0.4, 0.5) is 5.69 Å². The summed E-state index contributed by atoms with van der Waals surface area (Å²) in [6.45, 7) is 0.875. The average Bonchev–Trinajstić information content (AvgIpc) is 3.32. The van der Waals surface area contributed by atoms with E-state index in [1.807, 2.05) is 24.4 Å². The molecule has 0 spiro atoms. The van der Waals surface area contributed by atoms with Gasteiger partial charge in [0.2, 0.25) is 11.8 Å². The fourth-order valence-electron chi connectivity index (χ4n) is 3.76. The van der Waals surface area contributed by atoms with Crippen molar-refractivity contribution in [2.24, 2.45) is 5.92 Å². The highest BCUT2D eigenvalue weighted by molar-refractivity contribution is 6.32. The highest BCUT2D eigenvalue weighted by Gasteiger charge is 2.35. The van der Waals surface area contributed by atoms with E-state index in [1.54, 1.807) is 30.2 Å². The highest BCUT2D eigenvalue weighted by atomic mass is 35.5. The van der Waals surface area contributed by atoms with E-state index in [1.165, 1.54) is 5.39 Å². The molecule has 6 nitrogen and oxygen atoms in total. The Bertz CT molecular complexity index is 1060. The zero-order chi connectivity index (χ0) is 20.4. The van der Waals surface area contributed by atoms with Crippen LogP contribution in [-0.4, -0.2) is 37.0 Å². The van der Waals surface area contributed by atoms with E-state index in [-0.39, 0.29) is 24.2 Å². The number of carbonyl (C=O) groups is 2. The molecular formula is C22H22ClN3O3. The van der Waals surface area contributed by atoms with Crippen LogP contribution in [0.15, 0.2) is 48.7 Å². The van der Waals surface area contributed by atoms with Crippen LogP contribution in [0.5, 0.6) is 5.75 Å². The van der Waals surface area contributed by atoms with E-state index in [4.69, 9.17) is 16.3 Å². The molecule has 0 radical (unpaired) electrons. The van der Waals surface area contributed by atoms with Gasteiger partial charge in [0, 0.05) is 42.3 Å². The lowest BCUT2D eigenvalue weighted by atomic mass is 10.1. The Morgan fingerprint density at radius 3 is 2.93 bits per heavy atom. The second kappa shape index (κ2) is 8.17. The van der Waals surface area contributed by atoms with Crippen molar-refractivity contribution >= 4 is 40.0 Å². The Labute approximate surface area is 173 Å². The predicted molar refractivity (Wildman–Crippen MR) is 113 cm³/mol. The predicted octanol–water partition coefficient (Wildman–Crippen LogP) is 3.54. The number of nitrogens with one attached hydrogen (secondary N) is 2. The summed E-state index contributed by atoms with van der Waals surface area (Å²) in [5, 5.41) is 4.57. The van der Waals surface area contributed by atoms with E-state index >= 15 is 0 Å². The van der Waals surface area contributed by atoms with E-state index in [0.717, 1.165) is 17.5 Å². The molecule has 2 heterocycles. The first-order valence-electron chi connectivity index (χ1n) is 9.53. The number of nitrogens with zero attached hydrogens (tertiary/aromatic N) is 1. The lowest BCUT2D eigenvalue weighted by molar-refractivity contribution is -0.126. The molecule has 150 valence electrons. The first kappa shape index (κ1) is 19.3. The lowest BCUT2D eigenvalue weighted by Gasteiger charge is -2.17. The van der Waals surface area contributed by atoms with Crippen molar-refractivity contribution in [3.05, 3.63) is 59.2 Å². The van der Waals surface area contributed by atoms with Crippen molar-refractivity contribution in [1.29, 1.82) is 0 Å². The van der Waals surface area contributed by atoms with Crippen molar-refractivity contribution in [3.63, 3.8) is 0 Å². The standard InChI is InChI=1S/C22H22ClN3O3/c1-29-20-7-6-16(11-18(20)23)26-13-15(10-21(26)27)22(28)24-9-8-14-12-25-19-5-3-2-4-17(14)19/h2-7,11-12,15,25H,8-10,13H2,1H3,(H,24,28)/t15-/m1/s1. The largest absolute Gasteiger partial charge is 0.495 e. The maximum atomic E-state index is 12.6. The Kier molecular flexibility index (Phi) is 5.45. The zero-order valence-corrected chi connectivity index (χ0v) is 16.8. The topological polar surface area (TPSA) is 74.4 Å². The number of ether oxygens (including phenoxy) is 1. The minimum atomic E-state index is -0.369. The van der Waals surface area contributed by atoms with Gasteiger partial charge >= 0.3 is 0 Å². The number of hydrogen-bond acceptors (Lipinski definition) is 3. The Morgan fingerprint density at radius 1 is 1.31 bits per heavy atom. The number of rotatable bonds is 6. The summed E-state index contributed by atoms with van der Waals surface area (Å²) in [6, 6.07) is 13.3. The van der Waals surface area contributed by atoms with Crippen LogP contribution in [0.1, 0.15) is 12.0 Å². The van der Waals surface area contributed by atoms with Crippen molar-refractivity contribution in [2.75, 3.05) is 25.1 Å². The highest BCUT2D eigenvalue weighted by Crippen LogP contribution is 2.32. The zero-order valence-electron chi connectivity index (χ0n) is 16.1. The molecule has 0 saturated carbocycles. The lowest BCUT2D eigenvalue weighted by Crippen LogP contribution is -2.34. The van der Waals surface area contributed by atoms with Gasteiger partial charge in [-0.1, -0.05) is 29.8 Å². The number of amides is 2. The molecule has 2 N–H and O–H groups in total. The van der Waals surface area contributed by atoms with Gasteiger partial charge in [0.05, 0.1) is 18.1 Å². The van der Waals surface area contributed by atoms with Crippen molar-refractivity contribution < 1.29 is 14.3 Å². The number of methoxy groups -OCH3 is 1. The summed E-state index contributed by atoms with van der Waals surface area (Å²) in [7, 11) is 1.54. The van der Waals surface area contributed by atoms with E-state index in [0.29, 0.717) is 29.5 Å². The molecule has 0 bridgehead atoms. The molecule has 1 aliphatic heterocycles. The summed E-state index contributed by atoms with van der Waals surface area (Å²) in [4.78, 5) is 29.9.